The molecule has 0 radical (unpaired) electrons. The van der Waals surface area contributed by atoms with Crippen molar-refractivity contribution in [1.82, 2.24) is 4.90 Å². The Labute approximate surface area is 114 Å². The molecule has 2 rings (SSSR count). The summed E-state index contributed by atoms with van der Waals surface area (Å²) in [4.78, 5) is 2.37. The second-order valence-electron chi connectivity index (χ2n) is 5.80. The molecule has 1 aliphatic rings. The van der Waals surface area contributed by atoms with Gasteiger partial charge in [-0.1, -0.05) is 24.2 Å². The minimum atomic E-state index is 0.162. The van der Waals surface area contributed by atoms with Crippen LogP contribution in [0.5, 0.6) is 0 Å². The Morgan fingerprint density at radius 3 is 2.74 bits per heavy atom. The quantitative estimate of drug-likeness (QED) is 0.369. The highest BCUT2D eigenvalue weighted by Gasteiger charge is 2.33. The number of rotatable bonds is 5. The van der Waals surface area contributed by atoms with E-state index in [4.69, 9.17) is 10.9 Å². The van der Waals surface area contributed by atoms with Crippen LogP contribution >= 0.6 is 0 Å². The van der Waals surface area contributed by atoms with Crippen molar-refractivity contribution < 1.29 is 5.21 Å². The lowest BCUT2D eigenvalue weighted by atomic mass is 10.0. The highest BCUT2D eigenvalue weighted by atomic mass is 16.4. The van der Waals surface area contributed by atoms with E-state index < -0.39 is 0 Å². The van der Waals surface area contributed by atoms with E-state index in [-0.39, 0.29) is 5.84 Å². The first-order valence-electron chi connectivity index (χ1n) is 6.77. The average Bonchev–Trinajstić information content (AvgIpc) is 3.06. The van der Waals surface area contributed by atoms with E-state index >= 15 is 0 Å². The summed E-state index contributed by atoms with van der Waals surface area (Å²) >= 11 is 0. The van der Waals surface area contributed by atoms with E-state index in [0.717, 1.165) is 23.9 Å². The highest BCUT2D eigenvalue weighted by molar-refractivity contribution is 5.97. The zero-order valence-corrected chi connectivity index (χ0v) is 11.9. The molecule has 4 heteroatoms. The summed E-state index contributed by atoms with van der Waals surface area (Å²) in [6.07, 6.45) is 1.37. The Morgan fingerprint density at radius 1 is 1.53 bits per heavy atom. The summed E-state index contributed by atoms with van der Waals surface area (Å²) < 4.78 is 0. The summed E-state index contributed by atoms with van der Waals surface area (Å²) in [5, 5.41) is 11.7. The molecule has 1 fully saturated rings. The van der Waals surface area contributed by atoms with Gasteiger partial charge in [0.1, 0.15) is 0 Å². The van der Waals surface area contributed by atoms with E-state index in [0.29, 0.717) is 0 Å². The van der Waals surface area contributed by atoms with Crippen molar-refractivity contribution in [3.05, 3.63) is 34.9 Å². The van der Waals surface area contributed by atoms with Gasteiger partial charge >= 0.3 is 0 Å². The topological polar surface area (TPSA) is 61.9 Å². The third-order valence-corrected chi connectivity index (χ3v) is 4.01. The van der Waals surface area contributed by atoms with Crippen LogP contribution in [0.25, 0.3) is 0 Å². The highest BCUT2D eigenvalue weighted by Crippen LogP contribution is 2.38. The number of hydrogen-bond donors (Lipinski definition) is 2. The minimum absolute atomic E-state index is 0.162. The lowest BCUT2D eigenvalue weighted by molar-refractivity contribution is 0.307. The number of nitrogens with two attached hydrogens (primary N) is 1. The van der Waals surface area contributed by atoms with Crippen molar-refractivity contribution in [1.29, 1.82) is 0 Å². The van der Waals surface area contributed by atoms with Gasteiger partial charge in [-0.2, -0.15) is 0 Å². The van der Waals surface area contributed by atoms with Crippen molar-refractivity contribution in [2.45, 2.75) is 26.8 Å². The third kappa shape index (κ3) is 3.47. The Hall–Kier alpha value is -1.55. The average molecular weight is 261 g/mol. The number of oxime groups is 1. The monoisotopic (exact) mass is 261 g/mol. The Morgan fingerprint density at radius 2 is 2.21 bits per heavy atom. The molecule has 0 spiro atoms. The van der Waals surface area contributed by atoms with Gasteiger partial charge in [-0.15, -0.1) is 0 Å². The number of aryl methyl sites for hydroxylation is 1. The molecule has 0 bridgehead atoms. The van der Waals surface area contributed by atoms with Crippen LogP contribution in [0.15, 0.2) is 23.4 Å². The van der Waals surface area contributed by atoms with Crippen LogP contribution in [0.3, 0.4) is 0 Å². The summed E-state index contributed by atoms with van der Waals surface area (Å²) in [7, 11) is 2.17. The molecule has 0 aromatic heterocycles. The fourth-order valence-electron chi connectivity index (χ4n) is 2.50. The Bertz CT molecular complexity index is 484. The van der Waals surface area contributed by atoms with Crippen LogP contribution in [0.2, 0.25) is 0 Å². The van der Waals surface area contributed by atoms with Crippen LogP contribution < -0.4 is 5.73 Å². The maximum atomic E-state index is 8.68. The largest absolute Gasteiger partial charge is 0.409 e. The standard InChI is InChI=1S/C15H23N3O/c1-10-6-12(15(16)17-19)4-5-13(10)8-18(3)9-14-7-11(14)2/h4-6,11,14,19H,7-9H2,1-3H3,(H2,16,17). The van der Waals surface area contributed by atoms with Gasteiger partial charge in [0.15, 0.2) is 5.84 Å². The molecule has 0 aliphatic heterocycles. The fraction of sp³-hybridized carbons (Fsp3) is 0.533. The lowest BCUT2D eigenvalue weighted by Gasteiger charge is -2.18. The van der Waals surface area contributed by atoms with Gasteiger partial charge in [0.25, 0.3) is 0 Å². The zero-order chi connectivity index (χ0) is 14.0. The SMILES string of the molecule is Cc1cc(/C(N)=N/O)ccc1CN(C)CC1CC1C. The molecular weight excluding hydrogens is 238 g/mol. The van der Waals surface area contributed by atoms with E-state index in [1.54, 1.807) is 0 Å². The van der Waals surface area contributed by atoms with Gasteiger partial charge in [-0.3, -0.25) is 0 Å². The van der Waals surface area contributed by atoms with Crippen molar-refractivity contribution in [2.24, 2.45) is 22.7 Å². The molecule has 4 nitrogen and oxygen atoms in total. The number of benzene rings is 1. The van der Waals surface area contributed by atoms with E-state index in [1.165, 1.54) is 24.1 Å². The lowest BCUT2D eigenvalue weighted by Crippen LogP contribution is -2.21. The van der Waals surface area contributed by atoms with Crippen LogP contribution in [0.4, 0.5) is 0 Å². The first kappa shape index (κ1) is 13.9. The molecule has 19 heavy (non-hydrogen) atoms. The van der Waals surface area contributed by atoms with Crippen molar-refractivity contribution >= 4 is 5.84 Å². The van der Waals surface area contributed by atoms with Gasteiger partial charge < -0.3 is 15.8 Å². The molecule has 2 unspecified atom stereocenters. The molecule has 1 aliphatic carbocycles. The fourth-order valence-corrected chi connectivity index (χ4v) is 2.50. The maximum Gasteiger partial charge on any atom is 0.170 e. The second-order valence-corrected chi connectivity index (χ2v) is 5.80. The van der Waals surface area contributed by atoms with Crippen molar-refractivity contribution in [3.8, 4) is 0 Å². The van der Waals surface area contributed by atoms with Crippen molar-refractivity contribution in [3.63, 3.8) is 0 Å². The molecule has 0 saturated heterocycles. The Kier molecular flexibility index (Phi) is 4.10. The van der Waals surface area contributed by atoms with Gasteiger partial charge in [0.2, 0.25) is 0 Å². The first-order chi connectivity index (χ1) is 9.01. The smallest absolute Gasteiger partial charge is 0.170 e. The van der Waals surface area contributed by atoms with Crippen LogP contribution in [-0.4, -0.2) is 29.5 Å². The summed E-state index contributed by atoms with van der Waals surface area (Å²) in [6.45, 7) is 6.50. The van der Waals surface area contributed by atoms with Gasteiger partial charge in [-0.25, -0.2) is 0 Å². The predicted octanol–water partition coefficient (Wildman–Crippen LogP) is 2.18. The minimum Gasteiger partial charge on any atom is -0.409 e. The van der Waals surface area contributed by atoms with Crippen LogP contribution in [0.1, 0.15) is 30.0 Å². The molecule has 1 aromatic rings. The zero-order valence-electron chi connectivity index (χ0n) is 11.9. The molecule has 0 amide bonds. The van der Waals surface area contributed by atoms with E-state index in [9.17, 15) is 0 Å². The molecular formula is C15H23N3O. The second kappa shape index (κ2) is 5.61. The number of nitrogens with zero attached hydrogens (tertiary/aromatic N) is 2. The first-order valence-corrected chi connectivity index (χ1v) is 6.77. The van der Waals surface area contributed by atoms with Crippen LogP contribution in [-0.2, 0) is 6.54 Å². The molecule has 0 heterocycles. The van der Waals surface area contributed by atoms with E-state index in [2.05, 4.69) is 37.0 Å². The number of hydrogen-bond acceptors (Lipinski definition) is 3. The Balaban J connectivity index is 2.00. The van der Waals surface area contributed by atoms with Crippen LogP contribution in [0, 0.1) is 18.8 Å². The van der Waals surface area contributed by atoms with Gasteiger partial charge in [0, 0.05) is 18.7 Å². The molecule has 1 saturated carbocycles. The molecule has 1 aromatic carbocycles. The number of amidine groups is 1. The van der Waals surface area contributed by atoms with Gasteiger partial charge in [-0.05, 0) is 49.4 Å². The van der Waals surface area contributed by atoms with E-state index in [1.807, 2.05) is 12.1 Å². The maximum absolute atomic E-state index is 8.68. The van der Waals surface area contributed by atoms with Gasteiger partial charge in [0.05, 0.1) is 0 Å². The third-order valence-electron chi connectivity index (χ3n) is 4.01. The van der Waals surface area contributed by atoms with Crippen molar-refractivity contribution in [2.75, 3.05) is 13.6 Å². The predicted molar refractivity (Wildman–Crippen MR) is 77.3 cm³/mol. The summed E-state index contributed by atoms with van der Waals surface area (Å²) in [5.74, 6) is 1.93. The molecule has 104 valence electrons. The normalized spacial score (nSPS) is 22.8. The summed E-state index contributed by atoms with van der Waals surface area (Å²) in [5.41, 5.74) is 8.84. The molecule has 3 N–H and O–H groups in total. The summed E-state index contributed by atoms with van der Waals surface area (Å²) in [6, 6.07) is 5.94. The molecule has 2 atom stereocenters.